The SMILES string of the molecule is C[C@]1(C(=O)O)COCCN1Cc1ccccc1. The fourth-order valence-electron chi connectivity index (χ4n) is 2.04. The second-order valence-corrected chi connectivity index (χ2v) is 4.54. The van der Waals surface area contributed by atoms with Gasteiger partial charge < -0.3 is 9.84 Å². The standard InChI is InChI=1S/C13H17NO3/c1-13(12(15)16)10-17-8-7-14(13)9-11-5-3-2-4-6-11/h2-6H,7-10H2,1H3,(H,15,16)/t13-/m1/s1. The fraction of sp³-hybridized carbons (Fsp3) is 0.462. The molecule has 1 saturated heterocycles. The zero-order valence-corrected chi connectivity index (χ0v) is 9.93. The molecule has 17 heavy (non-hydrogen) atoms. The molecule has 92 valence electrons. The van der Waals surface area contributed by atoms with Gasteiger partial charge in [0.1, 0.15) is 5.54 Å². The molecule has 0 bridgehead atoms. The van der Waals surface area contributed by atoms with Crippen molar-refractivity contribution in [2.45, 2.75) is 19.0 Å². The van der Waals surface area contributed by atoms with E-state index in [4.69, 9.17) is 4.74 Å². The Morgan fingerprint density at radius 2 is 2.18 bits per heavy atom. The first kappa shape index (κ1) is 12.1. The number of benzene rings is 1. The van der Waals surface area contributed by atoms with Gasteiger partial charge in [-0.2, -0.15) is 0 Å². The van der Waals surface area contributed by atoms with E-state index in [9.17, 15) is 9.90 Å². The second kappa shape index (κ2) is 4.85. The third-order valence-corrected chi connectivity index (χ3v) is 3.26. The molecule has 1 N–H and O–H groups in total. The molecule has 0 amide bonds. The number of carboxylic acids is 1. The third kappa shape index (κ3) is 2.48. The average molecular weight is 235 g/mol. The van der Waals surface area contributed by atoms with Gasteiger partial charge in [-0.1, -0.05) is 30.3 Å². The van der Waals surface area contributed by atoms with Crippen molar-refractivity contribution in [3.8, 4) is 0 Å². The highest BCUT2D eigenvalue weighted by Gasteiger charge is 2.42. The van der Waals surface area contributed by atoms with Crippen molar-refractivity contribution in [1.29, 1.82) is 0 Å². The predicted octanol–water partition coefficient (Wildman–Crippen LogP) is 1.36. The van der Waals surface area contributed by atoms with Crippen LogP contribution in [0.3, 0.4) is 0 Å². The van der Waals surface area contributed by atoms with Crippen LogP contribution < -0.4 is 0 Å². The number of morpholine rings is 1. The molecular formula is C13H17NO3. The molecule has 1 aliphatic rings. The topological polar surface area (TPSA) is 49.8 Å². The summed E-state index contributed by atoms with van der Waals surface area (Å²) < 4.78 is 5.29. The number of hydrogen-bond acceptors (Lipinski definition) is 3. The Labute approximate surface area is 101 Å². The van der Waals surface area contributed by atoms with Crippen molar-refractivity contribution in [2.24, 2.45) is 0 Å². The molecular weight excluding hydrogens is 218 g/mol. The highest BCUT2D eigenvalue weighted by molar-refractivity contribution is 5.78. The number of ether oxygens (including phenoxy) is 1. The van der Waals surface area contributed by atoms with Gasteiger partial charge in [0.05, 0.1) is 13.2 Å². The Morgan fingerprint density at radius 3 is 2.82 bits per heavy atom. The van der Waals surface area contributed by atoms with Gasteiger partial charge in [0, 0.05) is 13.1 Å². The average Bonchev–Trinajstić information content (AvgIpc) is 2.33. The molecule has 1 atom stereocenters. The van der Waals surface area contributed by atoms with Crippen LogP contribution in [-0.4, -0.2) is 41.3 Å². The molecule has 1 heterocycles. The highest BCUT2D eigenvalue weighted by atomic mass is 16.5. The van der Waals surface area contributed by atoms with Crippen LogP contribution in [0, 0.1) is 0 Å². The van der Waals surface area contributed by atoms with Crippen LogP contribution in [0.2, 0.25) is 0 Å². The number of nitrogens with zero attached hydrogens (tertiary/aromatic N) is 1. The lowest BCUT2D eigenvalue weighted by molar-refractivity contribution is -0.162. The molecule has 2 rings (SSSR count). The minimum absolute atomic E-state index is 0.245. The normalized spacial score (nSPS) is 25.7. The van der Waals surface area contributed by atoms with Crippen molar-refractivity contribution >= 4 is 5.97 Å². The number of rotatable bonds is 3. The highest BCUT2D eigenvalue weighted by Crippen LogP contribution is 2.22. The Kier molecular flexibility index (Phi) is 3.45. The van der Waals surface area contributed by atoms with E-state index in [0.717, 1.165) is 5.56 Å². The summed E-state index contributed by atoms with van der Waals surface area (Å²) in [5.41, 5.74) is 0.204. The summed E-state index contributed by atoms with van der Waals surface area (Å²) in [4.78, 5) is 13.3. The lowest BCUT2D eigenvalue weighted by Crippen LogP contribution is -2.59. The van der Waals surface area contributed by atoms with E-state index in [1.807, 2.05) is 35.2 Å². The van der Waals surface area contributed by atoms with Gasteiger partial charge in [-0.3, -0.25) is 9.69 Å². The van der Waals surface area contributed by atoms with Gasteiger partial charge in [-0.15, -0.1) is 0 Å². The van der Waals surface area contributed by atoms with E-state index < -0.39 is 11.5 Å². The van der Waals surface area contributed by atoms with Gasteiger partial charge in [0.25, 0.3) is 0 Å². The summed E-state index contributed by atoms with van der Waals surface area (Å²) in [7, 11) is 0. The van der Waals surface area contributed by atoms with Crippen LogP contribution in [0.25, 0.3) is 0 Å². The summed E-state index contributed by atoms with van der Waals surface area (Å²) in [6, 6.07) is 9.91. The van der Waals surface area contributed by atoms with E-state index in [2.05, 4.69) is 0 Å². The van der Waals surface area contributed by atoms with Crippen molar-refractivity contribution in [3.63, 3.8) is 0 Å². The molecule has 1 fully saturated rings. The van der Waals surface area contributed by atoms with E-state index in [1.54, 1.807) is 6.92 Å². The van der Waals surface area contributed by atoms with Crippen molar-refractivity contribution in [2.75, 3.05) is 19.8 Å². The van der Waals surface area contributed by atoms with Gasteiger partial charge in [0.15, 0.2) is 0 Å². The van der Waals surface area contributed by atoms with E-state index >= 15 is 0 Å². The van der Waals surface area contributed by atoms with Gasteiger partial charge in [-0.05, 0) is 12.5 Å². The fourth-order valence-corrected chi connectivity index (χ4v) is 2.04. The molecule has 4 heteroatoms. The maximum Gasteiger partial charge on any atom is 0.326 e. The Bertz CT molecular complexity index is 393. The molecule has 1 aliphatic heterocycles. The van der Waals surface area contributed by atoms with E-state index in [0.29, 0.717) is 19.7 Å². The largest absolute Gasteiger partial charge is 0.480 e. The van der Waals surface area contributed by atoms with Crippen molar-refractivity contribution in [1.82, 2.24) is 4.90 Å². The van der Waals surface area contributed by atoms with Crippen molar-refractivity contribution in [3.05, 3.63) is 35.9 Å². The maximum absolute atomic E-state index is 11.4. The molecule has 1 aromatic carbocycles. The number of aliphatic carboxylic acids is 1. The van der Waals surface area contributed by atoms with E-state index in [1.165, 1.54) is 0 Å². The first-order chi connectivity index (χ1) is 8.13. The molecule has 0 aromatic heterocycles. The molecule has 0 aliphatic carbocycles. The Morgan fingerprint density at radius 1 is 1.47 bits per heavy atom. The summed E-state index contributed by atoms with van der Waals surface area (Å²) in [6.45, 7) is 3.85. The van der Waals surface area contributed by atoms with Gasteiger partial charge >= 0.3 is 5.97 Å². The molecule has 4 nitrogen and oxygen atoms in total. The first-order valence-corrected chi connectivity index (χ1v) is 5.73. The Hall–Kier alpha value is -1.39. The van der Waals surface area contributed by atoms with E-state index in [-0.39, 0.29) is 6.61 Å². The second-order valence-electron chi connectivity index (χ2n) is 4.54. The van der Waals surface area contributed by atoms with Crippen LogP contribution in [0.5, 0.6) is 0 Å². The minimum atomic E-state index is -0.923. The molecule has 0 spiro atoms. The van der Waals surface area contributed by atoms with Crippen LogP contribution in [-0.2, 0) is 16.1 Å². The van der Waals surface area contributed by atoms with Crippen LogP contribution >= 0.6 is 0 Å². The number of hydrogen-bond donors (Lipinski definition) is 1. The van der Waals surface area contributed by atoms with Gasteiger partial charge in [0.2, 0.25) is 0 Å². The van der Waals surface area contributed by atoms with Crippen LogP contribution in [0.1, 0.15) is 12.5 Å². The lowest BCUT2D eigenvalue weighted by atomic mass is 9.99. The number of carbonyl (C=O) groups is 1. The molecule has 0 saturated carbocycles. The predicted molar refractivity (Wildman–Crippen MR) is 63.7 cm³/mol. The van der Waals surface area contributed by atoms with Crippen LogP contribution in [0.4, 0.5) is 0 Å². The summed E-state index contributed by atoms with van der Waals surface area (Å²) in [6.07, 6.45) is 0. The summed E-state index contributed by atoms with van der Waals surface area (Å²) >= 11 is 0. The summed E-state index contributed by atoms with van der Waals surface area (Å²) in [5.74, 6) is -0.826. The first-order valence-electron chi connectivity index (χ1n) is 5.73. The van der Waals surface area contributed by atoms with Crippen molar-refractivity contribution < 1.29 is 14.6 Å². The minimum Gasteiger partial charge on any atom is -0.480 e. The summed E-state index contributed by atoms with van der Waals surface area (Å²) in [5, 5.41) is 9.32. The lowest BCUT2D eigenvalue weighted by Gasteiger charge is -2.41. The smallest absolute Gasteiger partial charge is 0.326 e. The third-order valence-electron chi connectivity index (χ3n) is 3.26. The van der Waals surface area contributed by atoms with Crippen LogP contribution in [0.15, 0.2) is 30.3 Å². The number of carboxylic acid groups (broad SMARTS) is 1. The quantitative estimate of drug-likeness (QED) is 0.859. The molecule has 0 radical (unpaired) electrons. The zero-order valence-electron chi connectivity index (χ0n) is 9.93. The molecule has 0 unspecified atom stereocenters. The zero-order chi connectivity index (χ0) is 12.3. The Balaban J connectivity index is 2.15. The maximum atomic E-state index is 11.4. The molecule has 1 aromatic rings. The van der Waals surface area contributed by atoms with Gasteiger partial charge in [-0.25, -0.2) is 0 Å². The monoisotopic (exact) mass is 235 g/mol.